The molecule has 0 aromatic heterocycles. The molecule has 1 heterocycles. The second-order valence-corrected chi connectivity index (χ2v) is 3.57. The van der Waals surface area contributed by atoms with E-state index >= 15 is 0 Å². The van der Waals surface area contributed by atoms with Crippen LogP contribution in [0.5, 0.6) is 0 Å². The van der Waals surface area contributed by atoms with Crippen molar-refractivity contribution in [2.75, 3.05) is 18.5 Å². The largest absolute Gasteiger partial charge is 0.395 e. The Morgan fingerprint density at radius 2 is 2.33 bits per heavy atom. The lowest BCUT2D eigenvalue weighted by Gasteiger charge is -2.10. The van der Waals surface area contributed by atoms with Crippen LogP contribution in [0.3, 0.4) is 0 Å². The molecule has 1 atom stereocenters. The number of carbonyl (C=O) groups is 1. The molecule has 0 saturated heterocycles. The van der Waals surface area contributed by atoms with Gasteiger partial charge in [-0.25, -0.2) is 0 Å². The van der Waals surface area contributed by atoms with Crippen LogP contribution in [-0.4, -0.2) is 30.2 Å². The molecule has 2 rings (SSSR count). The fraction of sp³-hybridized carbons (Fsp3) is 0.364. The summed E-state index contributed by atoms with van der Waals surface area (Å²) >= 11 is 0. The Kier molecular flexibility index (Phi) is 2.87. The standard InChI is InChI=1S/C11H14N2O2/c14-6-5-12-11(15)10-7-8-3-1-2-4-9(8)13-10/h1-4,10,13-14H,5-7H2,(H,12,15). The summed E-state index contributed by atoms with van der Waals surface area (Å²) in [5.41, 5.74) is 2.20. The Balaban J connectivity index is 1.98. The lowest BCUT2D eigenvalue weighted by molar-refractivity contribution is -0.121. The summed E-state index contributed by atoms with van der Waals surface area (Å²) in [6, 6.07) is 7.69. The van der Waals surface area contributed by atoms with Gasteiger partial charge in [0.05, 0.1) is 6.61 Å². The van der Waals surface area contributed by atoms with Crippen molar-refractivity contribution in [3.8, 4) is 0 Å². The molecule has 1 unspecified atom stereocenters. The molecule has 3 N–H and O–H groups in total. The molecule has 1 amide bonds. The zero-order chi connectivity index (χ0) is 10.7. The summed E-state index contributed by atoms with van der Waals surface area (Å²) < 4.78 is 0. The lowest BCUT2D eigenvalue weighted by Crippen LogP contribution is -2.39. The molecule has 0 saturated carbocycles. The number of hydrogen-bond acceptors (Lipinski definition) is 3. The SMILES string of the molecule is O=C(NCCO)C1Cc2ccccc2N1. The molecular weight excluding hydrogens is 192 g/mol. The maximum absolute atomic E-state index is 11.6. The zero-order valence-corrected chi connectivity index (χ0v) is 8.36. The third-order valence-electron chi connectivity index (χ3n) is 2.50. The maximum Gasteiger partial charge on any atom is 0.242 e. The molecule has 80 valence electrons. The smallest absolute Gasteiger partial charge is 0.242 e. The number of benzene rings is 1. The van der Waals surface area contributed by atoms with Gasteiger partial charge in [-0.15, -0.1) is 0 Å². The Labute approximate surface area is 88.3 Å². The van der Waals surface area contributed by atoms with Gasteiger partial charge < -0.3 is 15.7 Å². The molecule has 0 aliphatic carbocycles. The van der Waals surface area contributed by atoms with Crippen LogP contribution in [0.15, 0.2) is 24.3 Å². The molecule has 0 fully saturated rings. The molecule has 1 aliphatic rings. The predicted octanol–water partition coefficient (Wildman–Crippen LogP) is 0.132. The van der Waals surface area contributed by atoms with E-state index in [2.05, 4.69) is 10.6 Å². The van der Waals surface area contributed by atoms with E-state index in [4.69, 9.17) is 5.11 Å². The Hall–Kier alpha value is -1.55. The molecular formula is C11H14N2O2. The van der Waals surface area contributed by atoms with Crippen LogP contribution < -0.4 is 10.6 Å². The molecule has 1 aromatic rings. The molecule has 0 bridgehead atoms. The first kappa shape index (κ1) is 9.98. The normalized spacial score (nSPS) is 18.1. The third kappa shape index (κ3) is 2.10. The minimum atomic E-state index is -0.200. The molecule has 4 nitrogen and oxygen atoms in total. The van der Waals surface area contributed by atoms with E-state index in [0.29, 0.717) is 13.0 Å². The van der Waals surface area contributed by atoms with Crippen molar-refractivity contribution in [3.05, 3.63) is 29.8 Å². The fourth-order valence-electron chi connectivity index (χ4n) is 1.76. The quantitative estimate of drug-likeness (QED) is 0.659. The number of aliphatic hydroxyl groups is 1. The number of hydrogen-bond donors (Lipinski definition) is 3. The number of rotatable bonds is 3. The minimum Gasteiger partial charge on any atom is -0.395 e. The molecule has 0 spiro atoms. The summed E-state index contributed by atoms with van der Waals surface area (Å²) in [4.78, 5) is 11.6. The van der Waals surface area contributed by atoms with Crippen LogP contribution in [0.25, 0.3) is 0 Å². The van der Waals surface area contributed by atoms with E-state index in [1.165, 1.54) is 5.56 Å². The average molecular weight is 206 g/mol. The highest BCUT2D eigenvalue weighted by Crippen LogP contribution is 2.24. The van der Waals surface area contributed by atoms with Gasteiger partial charge in [0.1, 0.15) is 6.04 Å². The van der Waals surface area contributed by atoms with Crippen molar-refractivity contribution in [2.24, 2.45) is 0 Å². The molecule has 0 radical (unpaired) electrons. The van der Waals surface area contributed by atoms with E-state index in [-0.39, 0.29) is 18.6 Å². The predicted molar refractivity (Wildman–Crippen MR) is 57.7 cm³/mol. The minimum absolute atomic E-state index is 0.0224. The Bertz CT molecular complexity index is 340. The Morgan fingerprint density at radius 1 is 1.53 bits per heavy atom. The van der Waals surface area contributed by atoms with Crippen molar-refractivity contribution in [1.82, 2.24) is 5.32 Å². The summed E-state index contributed by atoms with van der Waals surface area (Å²) in [7, 11) is 0. The first-order chi connectivity index (χ1) is 7.31. The lowest BCUT2D eigenvalue weighted by atomic mass is 10.1. The molecule has 1 aliphatic heterocycles. The van der Waals surface area contributed by atoms with Crippen molar-refractivity contribution in [3.63, 3.8) is 0 Å². The highest BCUT2D eigenvalue weighted by Gasteiger charge is 2.25. The van der Waals surface area contributed by atoms with E-state index < -0.39 is 0 Å². The zero-order valence-electron chi connectivity index (χ0n) is 8.36. The monoisotopic (exact) mass is 206 g/mol. The van der Waals surface area contributed by atoms with Gasteiger partial charge in [-0.2, -0.15) is 0 Å². The van der Waals surface area contributed by atoms with Crippen LogP contribution in [0.2, 0.25) is 0 Å². The number of fused-ring (bicyclic) bond motifs is 1. The van der Waals surface area contributed by atoms with Crippen LogP contribution in [-0.2, 0) is 11.2 Å². The molecule has 4 heteroatoms. The number of aliphatic hydroxyl groups excluding tert-OH is 1. The third-order valence-corrected chi connectivity index (χ3v) is 2.50. The van der Waals surface area contributed by atoms with Gasteiger partial charge in [-0.1, -0.05) is 18.2 Å². The second kappa shape index (κ2) is 4.31. The summed E-state index contributed by atoms with van der Waals surface area (Å²) in [5, 5.41) is 14.4. The molecule has 1 aromatic carbocycles. The number of amides is 1. The summed E-state index contributed by atoms with van der Waals surface area (Å²) in [6.07, 6.45) is 0.716. The number of anilines is 1. The average Bonchev–Trinajstić information content (AvgIpc) is 2.69. The topological polar surface area (TPSA) is 61.4 Å². The van der Waals surface area contributed by atoms with Crippen molar-refractivity contribution in [2.45, 2.75) is 12.5 Å². The number of para-hydroxylation sites is 1. The fourth-order valence-corrected chi connectivity index (χ4v) is 1.76. The number of nitrogens with one attached hydrogen (secondary N) is 2. The summed E-state index contributed by atoms with van der Waals surface area (Å²) in [6.45, 7) is 0.290. The van der Waals surface area contributed by atoms with Crippen molar-refractivity contribution < 1.29 is 9.90 Å². The van der Waals surface area contributed by atoms with Crippen molar-refractivity contribution in [1.29, 1.82) is 0 Å². The van der Waals surface area contributed by atoms with Gasteiger partial charge in [0, 0.05) is 18.7 Å². The highest BCUT2D eigenvalue weighted by molar-refractivity contribution is 5.87. The van der Waals surface area contributed by atoms with Gasteiger partial charge in [0.15, 0.2) is 0 Å². The second-order valence-electron chi connectivity index (χ2n) is 3.57. The van der Waals surface area contributed by atoms with E-state index in [1.54, 1.807) is 0 Å². The first-order valence-electron chi connectivity index (χ1n) is 5.04. The van der Waals surface area contributed by atoms with E-state index in [9.17, 15) is 4.79 Å². The van der Waals surface area contributed by atoms with E-state index in [1.807, 2.05) is 24.3 Å². The van der Waals surface area contributed by atoms with Crippen LogP contribution in [0, 0.1) is 0 Å². The number of carbonyl (C=O) groups excluding carboxylic acids is 1. The summed E-state index contributed by atoms with van der Waals surface area (Å²) in [5.74, 6) is -0.0553. The van der Waals surface area contributed by atoms with Crippen LogP contribution >= 0.6 is 0 Å². The maximum atomic E-state index is 11.6. The van der Waals surface area contributed by atoms with Crippen molar-refractivity contribution >= 4 is 11.6 Å². The Morgan fingerprint density at radius 3 is 3.07 bits per heavy atom. The van der Waals surface area contributed by atoms with E-state index in [0.717, 1.165) is 5.69 Å². The van der Waals surface area contributed by atoms with Gasteiger partial charge in [0.25, 0.3) is 0 Å². The molecule has 15 heavy (non-hydrogen) atoms. The van der Waals surface area contributed by atoms with Gasteiger partial charge in [-0.05, 0) is 11.6 Å². The van der Waals surface area contributed by atoms with Gasteiger partial charge >= 0.3 is 0 Å². The highest BCUT2D eigenvalue weighted by atomic mass is 16.3. The first-order valence-corrected chi connectivity index (χ1v) is 5.04. The van der Waals surface area contributed by atoms with Gasteiger partial charge in [-0.3, -0.25) is 4.79 Å². The van der Waals surface area contributed by atoms with Gasteiger partial charge in [0.2, 0.25) is 5.91 Å². The van der Waals surface area contributed by atoms with Crippen LogP contribution in [0.1, 0.15) is 5.56 Å². The van der Waals surface area contributed by atoms with Crippen LogP contribution in [0.4, 0.5) is 5.69 Å².